The van der Waals surface area contributed by atoms with Gasteiger partial charge in [0.15, 0.2) is 5.65 Å². The van der Waals surface area contributed by atoms with E-state index in [0.717, 1.165) is 16.5 Å². The first-order chi connectivity index (χ1) is 17.1. The Labute approximate surface area is 204 Å². The van der Waals surface area contributed by atoms with E-state index in [-0.39, 0.29) is 11.4 Å². The van der Waals surface area contributed by atoms with Crippen molar-refractivity contribution in [2.75, 3.05) is 11.1 Å². The van der Waals surface area contributed by atoms with Crippen LogP contribution in [0.1, 0.15) is 15.9 Å². The molecule has 0 saturated heterocycles. The number of carbonyl (C=O) groups excluding carboxylic acids is 1. The molecule has 0 atom stereocenters. The smallest absolute Gasteiger partial charge is 0.261 e. The third-order valence-corrected chi connectivity index (χ3v) is 5.99. The average molecular weight is 480 g/mol. The molecule has 9 heteroatoms. The van der Waals surface area contributed by atoms with Crippen LogP contribution in [0, 0.1) is 0 Å². The van der Waals surface area contributed by atoms with E-state index in [0.29, 0.717) is 32.9 Å². The third-order valence-electron chi connectivity index (χ3n) is 5.74. The molecule has 0 radical (unpaired) electrons. The monoisotopic (exact) mass is 479 g/mol. The highest BCUT2D eigenvalue weighted by Crippen LogP contribution is 2.29. The standard InChI is InChI=1S/C26H18ClN7O/c27-16-9-11-17(12-10-16)31-26(35)22-23-25(33-21-8-4-3-7-20(21)32-23)34(24(22)28)30-14-15-13-29-19-6-2-1-5-18(15)19/h1-14,29H,28H2,(H,31,35)/b30-14+. The van der Waals surface area contributed by atoms with Crippen molar-refractivity contribution < 1.29 is 4.79 Å². The number of benzene rings is 3. The molecule has 6 aromatic rings. The summed E-state index contributed by atoms with van der Waals surface area (Å²) in [5.74, 6) is -0.279. The number of nitrogens with one attached hydrogen (secondary N) is 2. The van der Waals surface area contributed by atoms with Crippen molar-refractivity contribution in [2.24, 2.45) is 5.10 Å². The number of amides is 1. The molecule has 0 fully saturated rings. The van der Waals surface area contributed by atoms with E-state index in [4.69, 9.17) is 27.3 Å². The van der Waals surface area contributed by atoms with E-state index in [9.17, 15) is 4.79 Å². The minimum Gasteiger partial charge on any atom is -0.383 e. The number of hydrogen-bond acceptors (Lipinski definition) is 5. The number of carbonyl (C=O) groups is 1. The van der Waals surface area contributed by atoms with Crippen molar-refractivity contribution in [3.63, 3.8) is 0 Å². The topological polar surface area (TPSA) is 114 Å². The number of aromatic nitrogens is 4. The Morgan fingerprint density at radius 2 is 1.71 bits per heavy atom. The van der Waals surface area contributed by atoms with Crippen molar-refractivity contribution >= 4 is 68.3 Å². The van der Waals surface area contributed by atoms with Gasteiger partial charge in [0.2, 0.25) is 0 Å². The molecule has 8 nitrogen and oxygen atoms in total. The summed E-state index contributed by atoms with van der Waals surface area (Å²) < 4.78 is 1.45. The highest BCUT2D eigenvalue weighted by molar-refractivity contribution is 6.30. The zero-order chi connectivity index (χ0) is 23.9. The van der Waals surface area contributed by atoms with Gasteiger partial charge in [-0.3, -0.25) is 4.79 Å². The minimum absolute atomic E-state index is 0.137. The first-order valence-corrected chi connectivity index (χ1v) is 11.2. The van der Waals surface area contributed by atoms with Gasteiger partial charge in [-0.25, -0.2) is 9.97 Å². The zero-order valence-electron chi connectivity index (χ0n) is 18.2. The van der Waals surface area contributed by atoms with Crippen molar-refractivity contribution in [1.29, 1.82) is 0 Å². The number of para-hydroxylation sites is 3. The number of H-pyrrole nitrogens is 1. The predicted molar refractivity (Wildman–Crippen MR) is 140 cm³/mol. The van der Waals surface area contributed by atoms with Crippen molar-refractivity contribution in [1.82, 2.24) is 19.6 Å². The Kier molecular flexibility index (Phi) is 4.93. The second-order valence-corrected chi connectivity index (χ2v) is 8.39. The highest BCUT2D eigenvalue weighted by atomic mass is 35.5. The van der Waals surface area contributed by atoms with Gasteiger partial charge in [-0.1, -0.05) is 41.9 Å². The molecule has 0 saturated carbocycles. The summed E-state index contributed by atoms with van der Waals surface area (Å²) in [6, 6.07) is 22.2. The molecule has 35 heavy (non-hydrogen) atoms. The van der Waals surface area contributed by atoms with Crippen LogP contribution in [0.25, 0.3) is 33.1 Å². The number of fused-ring (bicyclic) bond motifs is 3. The van der Waals surface area contributed by atoms with Crippen LogP contribution in [0.15, 0.2) is 84.1 Å². The summed E-state index contributed by atoms with van der Waals surface area (Å²) in [5, 5.41) is 9.05. The number of nitrogen functional groups attached to an aromatic ring is 1. The lowest BCUT2D eigenvalue weighted by Crippen LogP contribution is -2.14. The molecule has 0 spiro atoms. The van der Waals surface area contributed by atoms with Gasteiger partial charge in [0, 0.05) is 33.4 Å². The molecule has 0 aliphatic carbocycles. The van der Waals surface area contributed by atoms with Gasteiger partial charge in [-0.05, 0) is 42.5 Å². The Balaban J connectivity index is 1.50. The van der Waals surface area contributed by atoms with E-state index in [2.05, 4.69) is 15.4 Å². The van der Waals surface area contributed by atoms with E-state index in [1.54, 1.807) is 30.5 Å². The van der Waals surface area contributed by atoms with E-state index in [1.807, 2.05) is 54.7 Å². The molecule has 3 aromatic heterocycles. The first kappa shape index (κ1) is 20.9. The molecule has 4 N–H and O–H groups in total. The van der Waals surface area contributed by atoms with Crippen LogP contribution in [-0.4, -0.2) is 31.7 Å². The molecule has 6 rings (SSSR count). The molecule has 3 aromatic carbocycles. The fourth-order valence-corrected chi connectivity index (χ4v) is 4.16. The maximum absolute atomic E-state index is 13.3. The lowest BCUT2D eigenvalue weighted by atomic mass is 10.2. The fourth-order valence-electron chi connectivity index (χ4n) is 4.04. The Hall–Kier alpha value is -4.69. The maximum Gasteiger partial charge on any atom is 0.261 e. The number of rotatable bonds is 4. The highest BCUT2D eigenvalue weighted by Gasteiger charge is 2.24. The van der Waals surface area contributed by atoms with Crippen LogP contribution in [0.2, 0.25) is 5.02 Å². The van der Waals surface area contributed by atoms with Gasteiger partial charge in [0.1, 0.15) is 16.9 Å². The van der Waals surface area contributed by atoms with Gasteiger partial charge in [0.25, 0.3) is 5.91 Å². The van der Waals surface area contributed by atoms with Crippen LogP contribution in [0.3, 0.4) is 0 Å². The molecule has 1 amide bonds. The van der Waals surface area contributed by atoms with Gasteiger partial charge >= 0.3 is 0 Å². The molecular weight excluding hydrogens is 462 g/mol. The van der Waals surface area contributed by atoms with Gasteiger partial charge < -0.3 is 16.0 Å². The van der Waals surface area contributed by atoms with Gasteiger partial charge in [-0.15, -0.1) is 0 Å². The molecule has 170 valence electrons. The third kappa shape index (κ3) is 3.66. The number of aromatic amines is 1. The number of nitrogens with zero attached hydrogens (tertiary/aromatic N) is 4. The second-order valence-electron chi connectivity index (χ2n) is 7.95. The van der Waals surface area contributed by atoms with E-state index >= 15 is 0 Å². The Bertz CT molecular complexity index is 1770. The van der Waals surface area contributed by atoms with Gasteiger partial charge in [0.05, 0.1) is 17.2 Å². The van der Waals surface area contributed by atoms with E-state index in [1.165, 1.54) is 4.68 Å². The molecule has 0 aliphatic heterocycles. The number of nitrogens with two attached hydrogens (primary N) is 1. The summed E-state index contributed by atoms with van der Waals surface area (Å²) in [6.07, 6.45) is 3.55. The average Bonchev–Trinajstić information content (AvgIpc) is 3.40. The van der Waals surface area contributed by atoms with Crippen molar-refractivity contribution in [3.8, 4) is 0 Å². The Morgan fingerprint density at radius 3 is 2.51 bits per heavy atom. The molecule has 0 aliphatic rings. The summed E-state index contributed by atoms with van der Waals surface area (Å²) in [5.41, 5.74) is 11.2. The molecule has 0 unspecified atom stereocenters. The van der Waals surface area contributed by atoms with Crippen molar-refractivity contribution in [3.05, 3.63) is 95.1 Å². The molecule has 3 heterocycles. The predicted octanol–water partition coefficient (Wildman–Crippen LogP) is 5.44. The lowest BCUT2D eigenvalue weighted by molar-refractivity contribution is 0.102. The summed E-state index contributed by atoms with van der Waals surface area (Å²) in [6.45, 7) is 0. The first-order valence-electron chi connectivity index (χ1n) is 10.8. The second kappa shape index (κ2) is 8.27. The quantitative estimate of drug-likeness (QED) is 0.292. The van der Waals surface area contributed by atoms with E-state index < -0.39 is 5.91 Å². The van der Waals surface area contributed by atoms with Gasteiger partial charge in [-0.2, -0.15) is 9.78 Å². The zero-order valence-corrected chi connectivity index (χ0v) is 19.0. The normalized spacial score (nSPS) is 11.7. The largest absolute Gasteiger partial charge is 0.383 e. The van der Waals surface area contributed by atoms with Crippen LogP contribution in [0.4, 0.5) is 11.5 Å². The van der Waals surface area contributed by atoms with Crippen LogP contribution in [0.5, 0.6) is 0 Å². The summed E-state index contributed by atoms with van der Waals surface area (Å²) in [7, 11) is 0. The number of halogens is 1. The summed E-state index contributed by atoms with van der Waals surface area (Å²) >= 11 is 5.97. The maximum atomic E-state index is 13.3. The van der Waals surface area contributed by atoms with Crippen molar-refractivity contribution in [2.45, 2.75) is 0 Å². The Morgan fingerprint density at radius 1 is 1.00 bits per heavy atom. The minimum atomic E-state index is -0.416. The number of anilines is 2. The van der Waals surface area contributed by atoms with Crippen LogP contribution < -0.4 is 11.1 Å². The number of hydrogen-bond donors (Lipinski definition) is 3. The van der Waals surface area contributed by atoms with Crippen LogP contribution in [-0.2, 0) is 0 Å². The molecular formula is C26H18ClN7O. The summed E-state index contributed by atoms with van der Waals surface area (Å²) in [4.78, 5) is 26.0. The molecule has 0 bridgehead atoms. The lowest BCUT2D eigenvalue weighted by Gasteiger charge is -2.05. The van der Waals surface area contributed by atoms with Crippen LogP contribution >= 0.6 is 11.6 Å². The fraction of sp³-hybridized carbons (Fsp3) is 0. The SMILES string of the molecule is Nc1c(C(=O)Nc2ccc(Cl)cc2)c2nc3ccccc3nc2n1/N=C/c1c[nH]c2ccccc12.